The Morgan fingerprint density at radius 2 is 2.16 bits per heavy atom. The number of anilines is 1. The lowest BCUT2D eigenvalue weighted by molar-refractivity contribution is 0.742. The molecule has 0 aromatic carbocycles. The fraction of sp³-hybridized carbons (Fsp3) is 0.500. The van der Waals surface area contributed by atoms with E-state index in [1.54, 1.807) is 0 Å². The van der Waals surface area contributed by atoms with Crippen molar-refractivity contribution in [3.8, 4) is 11.5 Å². The Kier molecular flexibility index (Phi) is 2.97. The lowest BCUT2D eigenvalue weighted by atomic mass is 10.2. The van der Waals surface area contributed by atoms with Crippen LogP contribution in [0.1, 0.15) is 37.1 Å². The molecule has 2 aromatic heterocycles. The molecule has 0 spiro atoms. The average Bonchev–Trinajstić information content (AvgIpc) is 3.16. The normalized spacial score (nSPS) is 14.7. The van der Waals surface area contributed by atoms with Crippen LogP contribution >= 0.6 is 0 Å². The van der Waals surface area contributed by atoms with Crippen molar-refractivity contribution in [2.45, 2.75) is 39.2 Å². The molecule has 0 amide bonds. The van der Waals surface area contributed by atoms with Gasteiger partial charge >= 0.3 is 0 Å². The van der Waals surface area contributed by atoms with Crippen LogP contribution in [-0.2, 0) is 6.42 Å². The van der Waals surface area contributed by atoms with Gasteiger partial charge in [-0.25, -0.2) is 15.0 Å². The first kappa shape index (κ1) is 12.1. The van der Waals surface area contributed by atoms with Gasteiger partial charge < -0.3 is 9.88 Å². The summed E-state index contributed by atoms with van der Waals surface area (Å²) in [6, 6.07) is 0.588. The van der Waals surface area contributed by atoms with Gasteiger partial charge in [0.05, 0.1) is 12.5 Å². The van der Waals surface area contributed by atoms with Crippen LogP contribution in [0.15, 0.2) is 12.5 Å². The molecule has 5 nitrogen and oxygen atoms in total. The highest BCUT2D eigenvalue weighted by atomic mass is 15.1. The quantitative estimate of drug-likeness (QED) is 0.914. The number of nitrogens with zero attached hydrogens (tertiary/aromatic N) is 4. The summed E-state index contributed by atoms with van der Waals surface area (Å²) in [4.78, 5) is 13.6. The summed E-state index contributed by atoms with van der Waals surface area (Å²) in [5.74, 6) is 1.68. The maximum atomic E-state index is 4.70. The van der Waals surface area contributed by atoms with Gasteiger partial charge in [0, 0.05) is 24.3 Å². The number of hydrogen-bond acceptors (Lipinski definition) is 4. The third-order valence-electron chi connectivity index (χ3n) is 3.65. The van der Waals surface area contributed by atoms with Gasteiger partial charge in [-0.15, -0.1) is 0 Å². The summed E-state index contributed by atoms with van der Waals surface area (Å²) >= 11 is 0. The van der Waals surface area contributed by atoms with Gasteiger partial charge in [-0.2, -0.15) is 0 Å². The van der Waals surface area contributed by atoms with Crippen molar-refractivity contribution in [1.82, 2.24) is 19.5 Å². The number of aromatic nitrogens is 4. The summed E-state index contributed by atoms with van der Waals surface area (Å²) in [6.45, 7) is 4.18. The van der Waals surface area contributed by atoms with Crippen molar-refractivity contribution in [2.24, 2.45) is 0 Å². The average molecular weight is 257 g/mol. The van der Waals surface area contributed by atoms with Crippen LogP contribution in [0.3, 0.4) is 0 Å². The first-order valence-electron chi connectivity index (χ1n) is 6.82. The van der Waals surface area contributed by atoms with Crippen molar-refractivity contribution >= 4 is 5.82 Å². The molecule has 0 aliphatic heterocycles. The molecule has 2 aromatic rings. The van der Waals surface area contributed by atoms with Gasteiger partial charge in [-0.1, -0.05) is 6.92 Å². The minimum atomic E-state index is 0.588. The van der Waals surface area contributed by atoms with E-state index < -0.39 is 0 Å². The highest BCUT2D eigenvalue weighted by molar-refractivity contribution is 5.56. The van der Waals surface area contributed by atoms with E-state index in [-0.39, 0.29) is 0 Å². The lowest BCUT2D eigenvalue weighted by Gasteiger charge is -2.12. The van der Waals surface area contributed by atoms with E-state index in [1.165, 1.54) is 12.8 Å². The van der Waals surface area contributed by atoms with Crippen molar-refractivity contribution in [1.29, 1.82) is 0 Å². The van der Waals surface area contributed by atoms with E-state index >= 15 is 0 Å². The Morgan fingerprint density at radius 1 is 1.37 bits per heavy atom. The number of imidazole rings is 1. The molecule has 0 atom stereocenters. The summed E-state index contributed by atoms with van der Waals surface area (Å²) in [7, 11) is 1.90. The molecule has 19 heavy (non-hydrogen) atoms. The molecule has 5 heteroatoms. The molecule has 0 unspecified atom stereocenters. The van der Waals surface area contributed by atoms with Gasteiger partial charge in [0.25, 0.3) is 0 Å². The third-order valence-corrected chi connectivity index (χ3v) is 3.65. The number of hydrogen-bond donors (Lipinski definition) is 1. The van der Waals surface area contributed by atoms with Crippen LogP contribution in [0.5, 0.6) is 0 Å². The number of nitrogens with one attached hydrogen (secondary N) is 1. The van der Waals surface area contributed by atoms with Crippen LogP contribution in [0.25, 0.3) is 11.5 Å². The predicted molar refractivity (Wildman–Crippen MR) is 75.2 cm³/mol. The Morgan fingerprint density at radius 3 is 2.79 bits per heavy atom. The maximum Gasteiger partial charge on any atom is 0.180 e. The third kappa shape index (κ3) is 2.09. The van der Waals surface area contributed by atoms with Crippen molar-refractivity contribution in [3.63, 3.8) is 0 Å². The van der Waals surface area contributed by atoms with E-state index in [2.05, 4.69) is 33.7 Å². The zero-order chi connectivity index (χ0) is 13.4. The van der Waals surface area contributed by atoms with Crippen LogP contribution in [0.4, 0.5) is 5.82 Å². The minimum Gasteiger partial charge on any atom is -0.373 e. The fourth-order valence-electron chi connectivity index (χ4n) is 2.39. The Bertz CT molecular complexity index is 573. The standard InChI is InChI=1S/C14H19N5/c1-4-11-9(2)13(15-3)18-14(17-11)12-7-16-8-19(12)10-5-6-10/h7-8,10H,4-6H2,1-3H3,(H,15,17,18). The molecule has 1 fully saturated rings. The van der Waals surface area contributed by atoms with Gasteiger partial charge in [0.15, 0.2) is 5.82 Å². The second kappa shape index (κ2) is 4.64. The van der Waals surface area contributed by atoms with Crippen molar-refractivity contribution < 1.29 is 0 Å². The SMILES string of the molecule is CCc1nc(-c2cncn2C2CC2)nc(NC)c1C. The minimum absolute atomic E-state index is 0.588. The molecule has 3 rings (SSSR count). The highest BCUT2D eigenvalue weighted by Crippen LogP contribution is 2.37. The topological polar surface area (TPSA) is 55.6 Å². The van der Waals surface area contributed by atoms with Crippen molar-refractivity contribution in [3.05, 3.63) is 23.8 Å². The predicted octanol–water partition coefficient (Wildman–Crippen LogP) is 2.59. The molecule has 1 saturated carbocycles. The number of aryl methyl sites for hydroxylation is 1. The van der Waals surface area contributed by atoms with Gasteiger partial charge in [0.2, 0.25) is 0 Å². The maximum absolute atomic E-state index is 4.70. The molecule has 1 aliphatic rings. The summed E-state index contributed by atoms with van der Waals surface area (Å²) in [5, 5.41) is 3.16. The van der Waals surface area contributed by atoms with Crippen LogP contribution in [0, 0.1) is 6.92 Å². The molecule has 1 aliphatic carbocycles. The van der Waals surface area contributed by atoms with E-state index in [4.69, 9.17) is 4.98 Å². The highest BCUT2D eigenvalue weighted by Gasteiger charge is 2.26. The smallest absolute Gasteiger partial charge is 0.180 e. The molecular formula is C14H19N5. The zero-order valence-corrected chi connectivity index (χ0v) is 11.6. The summed E-state index contributed by atoms with van der Waals surface area (Å²) in [5.41, 5.74) is 3.25. The summed E-state index contributed by atoms with van der Waals surface area (Å²) in [6.07, 6.45) is 7.12. The van der Waals surface area contributed by atoms with Gasteiger partial charge in [0.1, 0.15) is 11.5 Å². The first-order valence-corrected chi connectivity index (χ1v) is 6.82. The van der Waals surface area contributed by atoms with Crippen molar-refractivity contribution in [2.75, 3.05) is 12.4 Å². The first-order chi connectivity index (χ1) is 9.24. The molecule has 0 bridgehead atoms. The summed E-state index contributed by atoms with van der Waals surface area (Å²) < 4.78 is 2.20. The van der Waals surface area contributed by atoms with E-state index in [0.717, 1.165) is 35.0 Å². The fourth-order valence-corrected chi connectivity index (χ4v) is 2.39. The molecule has 1 N–H and O–H groups in total. The molecule has 2 heterocycles. The van der Waals surface area contributed by atoms with Gasteiger partial charge in [-0.3, -0.25) is 0 Å². The van der Waals surface area contributed by atoms with Crippen LogP contribution in [-0.4, -0.2) is 26.6 Å². The Balaban J connectivity index is 2.11. The van der Waals surface area contributed by atoms with E-state index in [9.17, 15) is 0 Å². The Labute approximate surface area is 113 Å². The second-order valence-corrected chi connectivity index (χ2v) is 4.99. The monoisotopic (exact) mass is 257 g/mol. The van der Waals surface area contributed by atoms with E-state index in [0.29, 0.717) is 6.04 Å². The molecule has 100 valence electrons. The van der Waals surface area contributed by atoms with Gasteiger partial charge in [-0.05, 0) is 26.2 Å². The second-order valence-electron chi connectivity index (χ2n) is 4.99. The largest absolute Gasteiger partial charge is 0.373 e. The van der Waals surface area contributed by atoms with Crippen LogP contribution < -0.4 is 5.32 Å². The molecule has 0 radical (unpaired) electrons. The molecule has 0 saturated heterocycles. The lowest BCUT2D eigenvalue weighted by Crippen LogP contribution is -2.06. The van der Waals surface area contributed by atoms with Crippen LogP contribution in [0.2, 0.25) is 0 Å². The van der Waals surface area contributed by atoms with E-state index in [1.807, 2.05) is 19.6 Å². The zero-order valence-electron chi connectivity index (χ0n) is 11.6. The Hall–Kier alpha value is -1.91. The molecular weight excluding hydrogens is 238 g/mol. The number of rotatable bonds is 4.